The second-order valence-electron chi connectivity index (χ2n) is 7.63. The third-order valence-electron chi connectivity index (χ3n) is 5.23. The number of aromatic nitrogens is 3. The van der Waals surface area contributed by atoms with Crippen molar-refractivity contribution >= 4 is 5.91 Å². The van der Waals surface area contributed by atoms with Crippen molar-refractivity contribution in [2.45, 2.75) is 19.6 Å². The van der Waals surface area contributed by atoms with E-state index in [9.17, 15) is 4.79 Å². The van der Waals surface area contributed by atoms with Crippen molar-refractivity contribution in [3.63, 3.8) is 0 Å². The van der Waals surface area contributed by atoms with Crippen LogP contribution in [0.25, 0.3) is 22.4 Å². The molecule has 0 aliphatic carbocycles. The fourth-order valence-electron chi connectivity index (χ4n) is 3.57. The number of nitrogens with zero attached hydrogens (tertiary/aromatic N) is 3. The van der Waals surface area contributed by atoms with Gasteiger partial charge in [0, 0.05) is 43.3 Å². The first kappa shape index (κ1) is 22.1. The third kappa shape index (κ3) is 5.20. The molecule has 0 bridgehead atoms. The van der Waals surface area contributed by atoms with Crippen LogP contribution in [0.5, 0.6) is 11.5 Å². The number of para-hydroxylation sites is 2. The molecule has 7 nitrogen and oxygen atoms in total. The number of amides is 1. The molecule has 2 aromatic heterocycles. The number of ether oxygens (including phenoxy) is 2. The maximum absolute atomic E-state index is 12.6. The zero-order valence-electron chi connectivity index (χ0n) is 18.9. The largest absolute Gasteiger partial charge is 0.493 e. The summed E-state index contributed by atoms with van der Waals surface area (Å²) in [6, 6.07) is 19.2. The van der Waals surface area contributed by atoms with Crippen LogP contribution < -0.4 is 14.8 Å². The predicted octanol–water partition coefficient (Wildman–Crippen LogP) is 4.24. The maximum Gasteiger partial charge on any atom is 0.261 e. The van der Waals surface area contributed by atoms with E-state index in [4.69, 9.17) is 9.47 Å². The average Bonchev–Trinajstić information content (AvgIpc) is 3.25. The monoisotopic (exact) mass is 442 g/mol. The predicted molar refractivity (Wildman–Crippen MR) is 127 cm³/mol. The van der Waals surface area contributed by atoms with E-state index in [2.05, 4.69) is 15.4 Å². The van der Waals surface area contributed by atoms with E-state index in [1.807, 2.05) is 61.8 Å². The average molecular weight is 443 g/mol. The van der Waals surface area contributed by atoms with Crippen molar-refractivity contribution < 1.29 is 14.3 Å². The number of hydrogen-bond acceptors (Lipinski definition) is 5. The van der Waals surface area contributed by atoms with Gasteiger partial charge in [0.15, 0.2) is 17.6 Å². The molecule has 4 rings (SSSR count). The minimum atomic E-state index is -0.668. The molecule has 0 spiro atoms. The molecule has 1 amide bonds. The number of rotatable bonds is 8. The topological polar surface area (TPSA) is 78.3 Å². The standard InChI is InChI=1S/C26H26N4O3/c1-18(33-24-10-5-4-9-23(24)32-3)26(31)28-16-19-7-6-8-21(15-19)25-22(17-30(2)29-25)20-11-13-27-14-12-20/h4-15,17-18H,16H2,1-3H3,(H,28,31)/t18-/m0/s1. The Balaban J connectivity index is 1.46. The lowest BCUT2D eigenvalue weighted by Gasteiger charge is -2.16. The summed E-state index contributed by atoms with van der Waals surface area (Å²) in [7, 11) is 3.48. The molecule has 168 valence electrons. The molecule has 0 unspecified atom stereocenters. The van der Waals surface area contributed by atoms with E-state index in [0.29, 0.717) is 18.0 Å². The molecular weight excluding hydrogens is 416 g/mol. The van der Waals surface area contributed by atoms with E-state index in [-0.39, 0.29) is 5.91 Å². The van der Waals surface area contributed by atoms with E-state index < -0.39 is 6.10 Å². The summed E-state index contributed by atoms with van der Waals surface area (Å²) in [5.74, 6) is 0.912. The summed E-state index contributed by atoms with van der Waals surface area (Å²) in [6.07, 6.45) is 4.87. The molecule has 0 fully saturated rings. The number of carbonyl (C=O) groups excluding carboxylic acids is 1. The summed E-state index contributed by atoms with van der Waals surface area (Å²) < 4.78 is 12.9. The molecule has 0 aliphatic heterocycles. The number of benzene rings is 2. The second kappa shape index (κ2) is 9.99. The first-order valence-corrected chi connectivity index (χ1v) is 10.7. The minimum Gasteiger partial charge on any atom is -0.493 e. The van der Waals surface area contributed by atoms with Gasteiger partial charge in [0.1, 0.15) is 5.69 Å². The SMILES string of the molecule is COc1ccccc1O[C@@H](C)C(=O)NCc1cccc(-c2nn(C)cc2-c2ccncc2)c1. The molecule has 0 saturated carbocycles. The number of aryl methyl sites for hydroxylation is 1. The van der Waals surface area contributed by atoms with Gasteiger partial charge in [-0.25, -0.2) is 0 Å². The highest BCUT2D eigenvalue weighted by molar-refractivity contribution is 5.82. The summed E-state index contributed by atoms with van der Waals surface area (Å²) >= 11 is 0. The number of pyridine rings is 1. The van der Waals surface area contributed by atoms with Crippen LogP contribution in [-0.2, 0) is 18.4 Å². The van der Waals surface area contributed by atoms with Crippen molar-refractivity contribution in [2.75, 3.05) is 7.11 Å². The lowest BCUT2D eigenvalue weighted by molar-refractivity contribution is -0.127. The molecule has 0 radical (unpaired) electrons. The third-order valence-corrected chi connectivity index (χ3v) is 5.23. The summed E-state index contributed by atoms with van der Waals surface area (Å²) in [6.45, 7) is 2.09. The first-order chi connectivity index (χ1) is 16.0. The molecule has 0 saturated heterocycles. The van der Waals surface area contributed by atoms with E-state index >= 15 is 0 Å². The van der Waals surface area contributed by atoms with Gasteiger partial charge in [-0.05, 0) is 48.4 Å². The molecule has 1 atom stereocenters. The van der Waals surface area contributed by atoms with Gasteiger partial charge in [-0.1, -0.05) is 30.3 Å². The Morgan fingerprint density at radius 1 is 1.03 bits per heavy atom. The Labute approximate surface area is 193 Å². The van der Waals surface area contributed by atoms with E-state index in [0.717, 1.165) is 27.9 Å². The Morgan fingerprint density at radius 3 is 2.55 bits per heavy atom. The van der Waals surface area contributed by atoms with Crippen LogP contribution in [0.4, 0.5) is 0 Å². The smallest absolute Gasteiger partial charge is 0.261 e. The van der Waals surface area contributed by atoms with E-state index in [1.54, 1.807) is 43.2 Å². The van der Waals surface area contributed by atoms with Gasteiger partial charge in [0.25, 0.3) is 5.91 Å². The summed E-state index contributed by atoms with van der Waals surface area (Å²) in [4.78, 5) is 16.7. The van der Waals surface area contributed by atoms with Crippen LogP contribution in [0, 0.1) is 0 Å². The Hall–Kier alpha value is -4.13. The molecule has 33 heavy (non-hydrogen) atoms. The van der Waals surface area contributed by atoms with Crippen molar-refractivity contribution in [1.82, 2.24) is 20.1 Å². The van der Waals surface area contributed by atoms with Crippen LogP contribution in [-0.4, -0.2) is 33.9 Å². The van der Waals surface area contributed by atoms with Gasteiger partial charge in [-0.2, -0.15) is 5.10 Å². The molecule has 2 aromatic carbocycles. The summed E-state index contributed by atoms with van der Waals surface area (Å²) in [5, 5.41) is 7.61. The zero-order chi connectivity index (χ0) is 23.2. The van der Waals surface area contributed by atoms with Crippen LogP contribution >= 0.6 is 0 Å². The number of hydrogen-bond donors (Lipinski definition) is 1. The van der Waals surface area contributed by atoms with Crippen molar-refractivity contribution in [3.05, 3.63) is 84.8 Å². The van der Waals surface area contributed by atoms with Crippen LogP contribution in [0.2, 0.25) is 0 Å². The van der Waals surface area contributed by atoms with Crippen molar-refractivity contribution in [1.29, 1.82) is 0 Å². The van der Waals surface area contributed by atoms with Gasteiger partial charge in [0.2, 0.25) is 0 Å². The lowest BCUT2D eigenvalue weighted by atomic mass is 10.0. The number of carbonyl (C=O) groups is 1. The quantitative estimate of drug-likeness (QED) is 0.442. The Bertz CT molecular complexity index is 1240. The minimum absolute atomic E-state index is 0.207. The highest BCUT2D eigenvalue weighted by Crippen LogP contribution is 2.31. The van der Waals surface area contributed by atoms with Gasteiger partial charge in [-0.15, -0.1) is 0 Å². The highest BCUT2D eigenvalue weighted by Gasteiger charge is 2.17. The fraction of sp³-hybridized carbons (Fsp3) is 0.192. The van der Waals surface area contributed by atoms with Crippen LogP contribution in [0.1, 0.15) is 12.5 Å². The van der Waals surface area contributed by atoms with Gasteiger partial charge >= 0.3 is 0 Å². The Kier molecular flexibility index (Phi) is 6.69. The Morgan fingerprint density at radius 2 is 1.79 bits per heavy atom. The molecule has 7 heteroatoms. The maximum atomic E-state index is 12.6. The molecule has 2 heterocycles. The lowest BCUT2D eigenvalue weighted by Crippen LogP contribution is -2.35. The van der Waals surface area contributed by atoms with E-state index in [1.165, 1.54) is 0 Å². The van der Waals surface area contributed by atoms with Gasteiger partial charge < -0.3 is 14.8 Å². The number of methoxy groups -OCH3 is 1. The normalized spacial score (nSPS) is 11.6. The van der Waals surface area contributed by atoms with Gasteiger partial charge in [-0.3, -0.25) is 14.5 Å². The molecule has 1 N–H and O–H groups in total. The van der Waals surface area contributed by atoms with Crippen LogP contribution in [0.15, 0.2) is 79.3 Å². The molecule has 4 aromatic rings. The highest BCUT2D eigenvalue weighted by atomic mass is 16.5. The fourth-order valence-corrected chi connectivity index (χ4v) is 3.57. The summed E-state index contributed by atoms with van der Waals surface area (Å²) in [5.41, 5.74) is 4.91. The van der Waals surface area contributed by atoms with Crippen LogP contribution in [0.3, 0.4) is 0 Å². The van der Waals surface area contributed by atoms with Crippen molar-refractivity contribution in [2.24, 2.45) is 7.05 Å². The first-order valence-electron chi connectivity index (χ1n) is 10.7. The molecular formula is C26H26N4O3. The molecule has 0 aliphatic rings. The second-order valence-corrected chi connectivity index (χ2v) is 7.63. The van der Waals surface area contributed by atoms with Crippen molar-refractivity contribution in [3.8, 4) is 33.9 Å². The van der Waals surface area contributed by atoms with Gasteiger partial charge in [0.05, 0.1) is 7.11 Å². The number of nitrogens with one attached hydrogen (secondary N) is 1. The zero-order valence-corrected chi connectivity index (χ0v) is 18.9.